The topological polar surface area (TPSA) is 6.48 Å². The molecule has 1 saturated carbocycles. The quantitative estimate of drug-likeness (QED) is 0.0841. The lowest BCUT2D eigenvalue weighted by molar-refractivity contribution is 0.443. The molecule has 7 aromatic rings. The van der Waals surface area contributed by atoms with Crippen LogP contribution in [0.25, 0.3) is 21.5 Å². The summed E-state index contributed by atoms with van der Waals surface area (Å²) < 4.78 is 0. The number of fused-ring (bicyclic) bond motifs is 2. The van der Waals surface area contributed by atoms with Crippen LogP contribution in [0, 0.1) is 0 Å². The lowest BCUT2D eigenvalue weighted by Gasteiger charge is -2.34. The second-order valence-corrected chi connectivity index (χ2v) is 22.3. The molecule has 1 atom stereocenters. The average molecular weight is 875 g/mol. The molecule has 0 spiro atoms. The molecule has 1 aliphatic rings. The molecule has 7 aromatic carbocycles. The maximum Gasteiger partial charge on any atom is 0.0620 e. The monoisotopic (exact) mass is 875 g/mol. The summed E-state index contributed by atoms with van der Waals surface area (Å²) in [6.07, 6.45) is 10.2. The highest BCUT2D eigenvalue weighted by Crippen LogP contribution is 2.53. The summed E-state index contributed by atoms with van der Waals surface area (Å²) in [5, 5.41) is 5.00. The minimum atomic E-state index is -0.0577. The van der Waals surface area contributed by atoms with E-state index in [4.69, 9.17) is 0 Å². The Morgan fingerprint density at radius 2 is 0.833 bits per heavy atom. The second kappa shape index (κ2) is 19.5. The molecule has 0 aliphatic heterocycles. The third-order valence-corrected chi connectivity index (χ3v) is 14.9. The van der Waals surface area contributed by atoms with Gasteiger partial charge in [0.2, 0.25) is 0 Å². The summed E-state index contributed by atoms with van der Waals surface area (Å²) in [6.45, 7) is 27.9. The van der Waals surface area contributed by atoms with Crippen molar-refractivity contribution in [2.45, 2.75) is 169 Å². The zero-order chi connectivity index (χ0) is 46.9. The van der Waals surface area contributed by atoms with Crippen LogP contribution in [0.2, 0.25) is 0 Å². The fourth-order valence-corrected chi connectivity index (χ4v) is 10.6. The first-order valence-corrected chi connectivity index (χ1v) is 25.6. The van der Waals surface area contributed by atoms with Gasteiger partial charge >= 0.3 is 0 Å². The zero-order valence-corrected chi connectivity index (χ0v) is 42.6. The zero-order valence-electron chi connectivity index (χ0n) is 42.6. The van der Waals surface area contributed by atoms with Crippen LogP contribution in [0.1, 0.15) is 192 Å². The molecule has 0 N–H and O–H groups in total. The van der Waals surface area contributed by atoms with E-state index in [-0.39, 0.29) is 10.8 Å². The molecule has 0 aromatic heterocycles. The highest BCUT2D eigenvalue weighted by atomic mass is 15.2. The predicted molar refractivity (Wildman–Crippen MR) is 290 cm³/mol. The smallest absolute Gasteiger partial charge is 0.0620 e. The van der Waals surface area contributed by atoms with E-state index in [1.54, 1.807) is 0 Å². The molecular weight excluding hydrogens is 797 g/mol. The van der Waals surface area contributed by atoms with Crippen LogP contribution in [0.3, 0.4) is 0 Å². The van der Waals surface area contributed by atoms with Crippen LogP contribution >= 0.6 is 0 Å². The van der Waals surface area contributed by atoms with Crippen molar-refractivity contribution in [2.75, 3.05) is 9.80 Å². The van der Waals surface area contributed by atoms with Crippen molar-refractivity contribution in [3.8, 4) is 0 Å². The summed E-state index contributed by atoms with van der Waals surface area (Å²) in [5.41, 5.74) is 15.3. The van der Waals surface area contributed by atoms with Gasteiger partial charge in [0.1, 0.15) is 0 Å². The van der Waals surface area contributed by atoms with Crippen molar-refractivity contribution in [1.29, 1.82) is 0 Å². The lowest BCUT2D eigenvalue weighted by Crippen LogP contribution is -2.17. The molecule has 1 fully saturated rings. The molecule has 344 valence electrons. The molecular formula is C64H78N2. The first-order valence-electron chi connectivity index (χ1n) is 25.6. The number of nitrogens with zero attached hydrogens (tertiary/aromatic N) is 2. The Kier molecular flexibility index (Phi) is 13.9. The van der Waals surface area contributed by atoms with Gasteiger partial charge < -0.3 is 9.80 Å². The van der Waals surface area contributed by atoms with Gasteiger partial charge in [-0.3, -0.25) is 0 Å². The molecule has 0 heterocycles. The second-order valence-electron chi connectivity index (χ2n) is 22.3. The minimum absolute atomic E-state index is 0.0570. The van der Waals surface area contributed by atoms with Gasteiger partial charge in [-0.2, -0.15) is 0 Å². The first kappa shape index (κ1) is 47.2. The predicted octanol–water partition coefficient (Wildman–Crippen LogP) is 20.1. The van der Waals surface area contributed by atoms with Gasteiger partial charge in [0.15, 0.2) is 0 Å². The SMILES string of the molecule is CCCC(CC)c1ccc(N(c2ccc(C(C)C)cc2)c2c3ccc(C(C)(C)C)cc3c(N(c3ccc(C(C)C)cc3)c3ccc(C4CCCCC4)cc3)c3ccc(C(C)(C)C)cc23)cc1. The van der Waals surface area contributed by atoms with Crippen LogP contribution in [0.5, 0.6) is 0 Å². The third kappa shape index (κ3) is 9.72. The Hall–Kier alpha value is -5.34. The van der Waals surface area contributed by atoms with E-state index >= 15 is 0 Å². The van der Waals surface area contributed by atoms with Gasteiger partial charge in [-0.1, -0.05) is 182 Å². The van der Waals surface area contributed by atoms with Crippen molar-refractivity contribution in [3.05, 3.63) is 167 Å². The largest absolute Gasteiger partial charge is 0.309 e. The number of hydrogen-bond acceptors (Lipinski definition) is 2. The Morgan fingerprint density at radius 1 is 0.455 bits per heavy atom. The highest BCUT2D eigenvalue weighted by Gasteiger charge is 2.29. The van der Waals surface area contributed by atoms with Crippen molar-refractivity contribution in [1.82, 2.24) is 0 Å². The lowest BCUT2D eigenvalue weighted by atomic mass is 9.82. The van der Waals surface area contributed by atoms with Gasteiger partial charge in [-0.05, 0) is 154 Å². The van der Waals surface area contributed by atoms with Crippen molar-refractivity contribution in [2.24, 2.45) is 0 Å². The minimum Gasteiger partial charge on any atom is -0.309 e. The van der Waals surface area contributed by atoms with E-state index in [1.165, 1.54) is 134 Å². The number of hydrogen-bond donors (Lipinski definition) is 0. The number of rotatable bonds is 13. The molecule has 2 nitrogen and oxygen atoms in total. The Labute approximate surface area is 399 Å². The van der Waals surface area contributed by atoms with Crippen molar-refractivity contribution < 1.29 is 0 Å². The summed E-state index contributed by atoms with van der Waals surface area (Å²) in [6, 6.07) is 52.8. The van der Waals surface area contributed by atoms with Crippen LogP contribution in [-0.2, 0) is 10.8 Å². The first-order chi connectivity index (χ1) is 31.6. The van der Waals surface area contributed by atoms with Crippen LogP contribution in [0.15, 0.2) is 133 Å². The van der Waals surface area contributed by atoms with Gasteiger partial charge in [-0.15, -0.1) is 0 Å². The Balaban J connectivity index is 1.49. The summed E-state index contributed by atoms with van der Waals surface area (Å²) in [4.78, 5) is 5.16. The van der Waals surface area contributed by atoms with Gasteiger partial charge in [0, 0.05) is 44.3 Å². The van der Waals surface area contributed by atoms with E-state index in [9.17, 15) is 0 Å². The molecule has 0 saturated heterocycles. The average Bonchev–Trinajstić information content (AvgIpc) is 3.31. The fourth-order valence-electron chi connectivity index (χ4n) is 10.6. The van der Waals surface area contributed by atoms with Gasteiger partial charge in [0.25, 0.3) is 0 Å². The van der Waals surface area contributed by atoms with E-state index in [0.29, 0.717) is 23.7 Å². The Bertz CT molecular complexity index is 2530. The van der Waals surface area contributed by atoms with E-state index < -0.39 is 0 Å². The van der Waals surface area contributed by atoms with Gasteiger partial charge in [-0.25, -0.2) is 0 Å². The maximum absolute atomic E-state index is 2.58. The molecule has 1 aliphatic carbocycles. The van der Waals surface area contributed by atoms with Crippen molar-refractivity contribution >= 4 is 55.7 Å². The standard InChI is InChI=1S/C64H78N2/c1-13-18-45(14-2)49-25-35-55(36-26-49)65(53-31-21-46(22-32-53)43(3)4)61-57-39-29-52(64(10,11)12)42-60(57)62(58-40-30-51(41-59(58)61)63(7,8)9)66(54-33-23-47(24-34-54)44(5)6)56-37-27-50(28-38-56)48-19-16-15-17-20-48/h21-45,48H,13-20H2,1-12H3. The number of anilines is 6. The fraction of sp³-hybridized carbons (Fsp3) is 0.406. The normalized spacial score (nSPS) is 14.4. The van der Waals surface area contributed by atoms with Crippen molar-refractivity contribution in [3.63, 3.8) is 0 Å². The van der Waals surface area contributed by atoms with Crippen LogP contribution < -0.4 is 9.80 Å². The molecule has 2 heteroatoms. The third-order valence-electron chi connectivity index (χ3n) is 14.9. The molecule has 1 unspecified atom stereocenters. The van der Waals surface area contributed by atoms with E-state index in [0.717, 1.165) is 6.42 Å². The molecule has 0 radical (unpaired) electrons. The molecule has 0 bridgehead atoms. The Morgan fingerprint density at radius 3 is 1.18 bits per heavy atom. The van der Waals surface area contributed by atoms with Crippen LogP contribution in [-0.4, -0.2) is 0 Å². The van der Waals surface area contributed by atoms with E-state index in [1.807, 2.05) is 0 Å². The van der Waals surface area contributed by atoms with Crippen LogP contribution in [0.4, 0.5) is 34.1 Å². The molecule has 66 heavy (non-hydrogen) atoms. The van der Waals surface area contributed by atoms with E-state index in [2.05, 4.69) is 226 Å². The highest BCUT2D eigenvalue weighted by molar-refractivity contribution is 6.23. The van der Waals surface area contributed by atoms with Gasteiger partial charge in [0.05, 0.1) is 11.4 Å². The molecule has 0 amide bonds. The molecule has 8 rings (SSSR count). The number of benzene rings is 7. The summed E-state index contributed by atoms with van der Waals surface area (Å²) >= 11 is 0. The maximum atomic E-state index is 2.58. The summed E-state index contributed by atoms with van der Waals surface area (Å²) in [7, 11) is 0. The summed E-state index contributed by atoms with van der Waals surface area (Å²) in [5.74, 6) is 2.10.